The molecule has 1 aromatic carbocycles. The molecule has 5 nitrogen and oxygen atoms in total. The van der Waals surface area contributed by atoms with Gasteiger partial charge in [-0.15, -0.1) is 0 Å². The summed E-state index contributed by atoms with van der Waals surface area (Å²) in [5.41, 5.74) is 1.97. The third-order valence-electron chi connectivity index (χ3n) is 3.09. The van der Waals surface area contributed by atoms with E-state index in [1.807, 2.05) is 43.3 Å². The maximum Gasteiger partial charge on any atom is 0.225 e. The van der Waals surface area contributed by atoms with Crippen LogP contribution >= 0.6 is 0 Å². The molecule has 0 fully saturated rings. The van der Waals surface area contributed by atoms with E-state index in [0.717, 1.165) is 11.3 Å². The lowest BCUT2D eigenvalue weighted by Crippen LogP contribution is -2.16. The number of nitrogens with one attached hydrogen (secondary N) is 1. The number of amides is 1. The Morgan fingerprint density at radius 3 is 2.86 bits per heavy atom. The van der Waals surface area contributed by atoms with Gasteiger partial charge in [0.2, 0.25) is 5.91 Å². The van der Waals surface area contributed by atoms with E-state index in [9.17, 15) is 4.79 Å². The molecule has 0 aliphatic heterocycles. The molecule has 0 radical (unpaired) electrons. The smallest absolute Gasteiger partial charge is 0.225 e. The highest BCUT2D eigenvalue weighted by molar-refractivity contribution is 5.90. The van der Waals surface area contributed by atoms with Gasteiger partial charge < -0.3 is 5.32 Å². The summed E-state index contributed by atoms with van der Waals surface area (Å²) in [5.74, 6) is 0.609. The van der Waals surface area contributed by atoms with E-state index in [4.69, 9.17) is 5.26 Å². The fourth-order valence-corrected chi connectivity index (χ4v) is 2.08. The van der Waals surface area contributed by atoms with Gasteiger partial charge in [0.1, 0.15) is 5.82 Å². The maximum atomic E-state index is 12.0. The second-order valence-corrected chi connectivity index (χ2v) is 4.84. The maximum absolute atomic E-state index is 12.0. The second kappa shape index (κ2) is 7.25. The Balaban J connectivity index is 1.92. The molecule has 108 valence electrons. The molecule has 1 amide bonds. The monoisotopic (exact) mass is 282 g/mol. The van der Waals surface area contributed by atoms with Crippen molar-refractivity contribution in [3.8, 4) is 6.07 Å². The van der Waals surface area contributed by atoms with Crippen LogP contribution in [0.3, 0.4) is 0 Å². The first-order chi connectivity index (χ1) is 10.2. The van der Waals surface area contributed by atoms with Crippen LogP contribution in [0, 0.1) is 18.3 Å². The van der Waals surface area contributed by atoms with Crippen molar-refractivity contribution >= 4 is 11.7 Å². The van der Waals surface area contributed by atoms with Gasteiger partial charge in [0.05, 0.1) is 24.7 Å². The summed E-state index contributed by atoms with van der Waals surface area (Å²) in [6.07, 6.45) is 1.50. The highest BCUT2D eigenvalue weighted by Crippen LogP contribution is 2.12. The molecule has 0 bridgehead atoms. The van der Waals surface area contributed by atoms with Crippen LogP contribution in [-0.4, -0.2) is 15.7 Å². The van der Waals surface area contributed by atoms with E-state index < -0.39 is 0 Å². The number of aryl methyl sites for hydroxylation is 3. The molecule has 0 aliphatic rings. The molecule has 0 atom stereocenters. The third kappa shape index (κ3) is 4.46. The number of nitriles is 1. The van der Waals surface area contributed by atoms with Crippen molar-refractivity contribution in [1.82, 2.24) is 9.78 Å². The third-order valence-corrected chi connectivity index (χ3v) is 3.09. The highest BCUT2D eigenvalue weighted by atomic mass is 16.1. The van der Waals surface area contributed by atoms with Gasteiger partial charge in [0.25, 0.3) is 0 Å². The molecule has 1 N–H and O–H groups in total. The molecular weight excluding hydrogens is 264 g/mol. The summed E-state index contributed by atoms with van der Waals surface area (Å²) in [7, 11) is 0. The van der Waals surface area contributed by atoms with E-state index in [0.29, 0.717) is 31.6 Å². The van der Waals surface area contributed by atoms with Crippen molar-refractivity contribution in [1.29, 1.82) is 5.26 Å². The van der Waals surface area contributed by atoms with Crippen LogP contribution in [0.1, 0.15) is 24.1 Å². The molecule has 1 aromatic heterocycles. The van der Waals surface area contributed by atoms with Crippen LogP contribution in [0.2, 0.25) is 0 Å². The van der Waals surface area contributed by atoms with Gasteiger partial charge in [-0.05, 0) is 18.9 Å². The fraction of sp³-hybridized carbons (Fsp3) is 0.312. The molecule has 0 saturated heterocycles. The molecule has 0 unspecified atom stereocenters. The number of carbonyl (C=O) groups is 1. The number of hydrogen-bond acceptors (Lipinski definition) is 3. The van der Waals surface area contributed by atoms with Crippen LogP contribution in [0.4, 0.5) is 5.82 Å². The molecule has 0 aliphatic carbocycles. The Labute approximate surface area is 124 Å². The molecule has 1 heterocycles. The number of hydrogen-bond donors (Lipinski definition) is 1. The molecule has 5 heteroatoms. The van der Waals surface area contributed by atoms with E-state index in [2.05, 4.69) is 16.5 Å². The van der Waals surface area contributed by atoms with Gasteiger partial charge in [0.15, 0.2) is 0 Å². The minimum Gasteiger partial charge on any atom is -0.311 e. The van der Waals surface area contributed by atoms with Gasteiger partial charge >= 0.3 is 0 Å². The number of aromatic nitrogens is 2. The predicted octanol–water partition coefficient (Wildman–Crippen LogP) is 2.68. The lowest BCUT2D eigenvalue weighted by molar-refractivity contribution is -0.116. The first kappa shape index (κ1) is 14.8. The van der Waals surface area contributed by atoms with Crippen molar-refractivity contribution < 1.29 is 4.79 Å². The van der Waals surface area contributed by atoms with Crippen LogP contribution < -0.4 is 5.32 Å². The van der Waals surface area contributed by atoms with Gasteiger partial charge in [-0.2, -0.15) is 10.4 Å². The SMILES string of the molecule is Cc1cc(NC(=O)CCc2ccccc2)n(CCC#N)n1. The zero-order valence-electron chi connectivity index (χ0n) is 12.0. The summed E-state index contributed by atoms with van der Waals surface area (Å²) < 4.78 is 1.67. The second-order valence-electron chi connectivity index (χ2n) is 4.84. The average Bonchev–Trinajstić information content (AvgIpc) is 2.83. The van der Waals surface area contributed by atoms with Crippen molar-refractivity contribution in [2.24, 2.45) is 0 Å². The topological polar surface area (TPSA) is 70.7 Å². The van der Waals surface area contributed by atoms with Crippen molar-refractivity contribution in [2.45, 2.75) is 32.7 Å². The predicted molar refractivity (Wildman–Crippen MR) is 80.6 cm³/mol. The molecule has 21 heavy (non-hydrogen) atoms. The van der Waals surface area contributed by atoms with Crippen molar-refractivity contribution in [3.63, 3.8) is 0 Å². The van der Waals surface area contributed by atoms with Gasteiger partial charge in [-0.25, -0.2) is 4.68 Å². The Morgan fingerprint density at radius 2 is 2.14 bits per heavy atom. The first-order valence-electron chi connectivity index (χ1n) is 6.94. The molecule has 0 saturated carbocycles. The number of benzene rings is 1. The lowest BCUT2D eigenvalue weighted by Gasteiger charge is -2.07. The minimum atomic E-state index is -0.0445. The van der Waals surface area contributed by atoms with Crippen molar-refractivity contribution in [3.05, 3.63) is 47.7 Å². The average molecular weight is 282 g/mol. The van der Waals surface area contributed by atoms with Crippen LogP contribution in [0.15, 0.2) is 36.4 Å². The number of anilines is 1. The summed E-state index contributed by atoms with van der Waals surface area (Å²) in [6, 6.07) is 13.8. The number of rotatable bonds is 6. The molecule has 2 rings (SSSR count). The standard InChI is InChI=1S/C16H18N4O/c1-13-12-15(20(19-13)11-5-10-17)18-16(21)9-8-14-6-3-2-4-7-14/h2-4,6-7,12H,5,8-9,11H2,1H3,(H,18,21). The van der Waals surface area contributed by atoms with E-state index in [-0.39, 0.29) is 5.91 Å². The Kier molecular flexibility index (Phi) is 5.10. The highest BCUT2D eigenvalue weighted by Gasteiger charge is 2.09. The van der Waals surface area contributed by atoms with Gasteiger partial charge in [-0.3, -0.25) is 4.79 Å². The Bertz CT molecular complexity index is 640. The Morgan fingerprint density at radius 1 is 1.38 bits per heavy atom. The summed E-state index contributed by atoms with van der Waals surface area (Å²) in [6.45, 7) is 2.35. The van der Waals surface area contributed by atoms with Gasteiger partial charge in [0, 0.05) is 12.5 Å². The van der Waals surface area contributed by atoms with E-state index in [1.165, 1.54) is 0 Å². The fourth-order valence-electron chi connectivity index (χ4n) is 2.08. The summed E-state index contributed by atoms with van der Waals surface area (Å²) in [5, 5.41) is 15.8. The van der Waals surface area contributed by atoms with Crippen LogP contribution in [0.25, 0.3) is 0 Å². The zero-order valence-corrected chi connectivity index (χ0v) is 12.0. The molecule has 0 spiro atoms. The van der Waals surface area contributed by atoms with Gasteiger partial charge in [-0.1, -0.05) is 30.3 Å². The van der Waals surface area contributed by atoms with E-state index >= 15 is 0 Å². The zero-order chi connectivity index (χ0) is 15.1. The number of nitrogens with zero attached hydrogens (tertiary/aromatic N) is 3. The summed E-state index contributed by atoms with van der Waals surface area (Å²) >= 11 is 0. The quantitative estimate of drug-likeness (QED) is 0.885. The normalized spacial score (nSPS) is 10.1. The molecular formula is C16H18N4O. The van der Waals surface area contributed by atoms with Crippen LogP contribution in [-0.2, 0) is 17.8 Å². The van der Waals surface area contributed by atoms with Crippen LogP contribution in [0.5, 0.6) is 0 Å². The van der Waals surface area contributed by atoms with E-state index in [1.54, 1.807) is 4.68 Å². The lowest BCUT2D eigenvalue weighted by atomic mass is 10.1. The van der Waals surface area contributed by atoms with Crippen molar-refractivity contribution in [2.75, 3.05) is 5.32 Å². The summed E-state index contributed by atoms with van der Waals surface area (Å²) in [4.78, 5) is 12.0. The largest absolute Gasteiger partial charge is 0.311 e. The molecule has 2 aromatic rings. The first-order valence-corrected chi connectivity index (χ1v) is 6.94. The Hall–Kier alpha value is -2.61. The minimum absolute atomic E-state index is 0.0445. The number of carbonyl (C=O) groups excluding carboxylic acids is 1.